The monoisotopic (exact) mass is 257 g/mol. The summed E-state index contributed by atoms with van der Waals surface area (Å²) in [6.07, 6.45) is 0.741. The molecule has 1 aromatic rings. The van der Waals surface area contributed by atoms with E-state index in [4.69, 9.17) is 5.84 Å². The fraction of sp³-hybridized carbons (Fsp3) is 0.538. The number of rotatable bonds is 5. The second kappa shape index (κ2) is 5.73. The van der Waals surface area contributed by atoms with Crippen LogP contribution in [0.4, 0.5) is 8.78 Å². The lowest BCUT2D eigenvalue weighted by atomic mass is 9.83. The van der Waals surface area contributed by atoms with Crippen LogP contribution in [0.5, 0.6) is 0 Å². The summed E-state index contributed by atoms with van der Waals surface area (Å²) in [5.41, 5.74) is 2.44. The molecule has 2 unspecified atom stereocenters. The van der Waals surface area contributed by atoms with Gasteiger partial charge in [-0.15, -0.1) is 0 Å². The third-order valence-corrected chi connectivity index (χ3v) is 3.82. The normalized spacial score (nSPS) is 16.7. The molecule has 3 nitrogen and oxygen atoms in total. The molecule has 0 amide bonds. The van der Waals surface area contributed by atoms with E-state index in [0.717, 1.165) is 12.5 Å². The first kappa shape index (κ1) is 15.0. The Bertz CT molecular complexity index is 409. The van der Waals surface area contributed by atoms with Gasteiger partial charge in [0.2, 0.25) is 0 Å². The lowest BCUT2D eigenvalue weighted by Gasteiger charge is -2.42. The summed E-state index contributed by atoms with van der Waals surface area (Å²) in [6, 6.07) is 3.66. The molecule has 102 valence electrons. The van der Waals surface area contributed by atoms with Crippen molar-refractivity contribution >= 4 is 0 Å². The average molecular weight is 257 g/mol. The number of nitrogens with zero attached hydrogens (tertiary/aromatic N) is 1. The summed E-state index contributed by atoms with van der Waals surface area (Å²) in [5, 5.41) is 0. The van der Waals surface area contributed by atoms with Gasteiger partial charge in [-0.2, -0.15) is 0 Å². The van der Waals surface area contributed by atoms with Crippen molar-refractivity contribution in [2.24, 2.45) is 5.84 Å². The fourth-order valence-corrected chi connectivity index (χ4v) is 2.13. The van der Waals surface area contributed by atoms with Crippen LogP contribution in [0.2, 0.25) is 0 Å². The maximum absolute atomic E-state index is 13.9. The van der Waals surface area contributed by atoms with Crippen LogP contribution >= 0.6 is 0 Å². The van der Waals surface area contributed by atoms with E-state index in [1.165, 1.54) is 6.07 Å². The minimum absolute atomic E-state index is 0.246. The molecular formula is C13H21F2N3. The van der Waals surface area contributed by atoms with Gasteiger partial charge >= 0.3 is 0 Å². The highest BCUT2D eigenvalue weighted by molar-refractivity contribution is 5.25. The topological polar surface area (TPSA) is 41.3 Å². The van der Waals surface area contributed by atoms with Gasteiger partial charge in [-0.1, -0.05) is 19.1 Å². The van der Waals surface area contributed by atoms with Gasteiger partial charge in [0, 0.05) is 11.1 Å². The molecule has 0 heterocycles. The summed E-state index contributed by atoms with van der Waals surface area (Å²) in [5.74, 6) is 3.86. The maximum Gasteiger partial charge on any atom is 0.163 e. The van der Waals surface area contributed by atoms with Gasteiger partial charge in [-0.05, 0) is 33.5 Å². The number of nitrogens with two attached hydrogens (primary N) is 1. The van der Waals surface area contributed by atoms with E-state index in [1.807, 2.05) is 32.8 Å². The Balaban J connectivity index is 3.29. The molecule has 0 spiro atoms. The van der Waals surface area contributed by atoms with E-state index < -0.39 is 23.2 Å². The Morgan fingerprint density at radius 1 is 1.39 bits per heavy atom. The SMILES string of the molecule is CCC(C)(C(NN)c1cccc(F)c1F)N(C)C. The molecule has 0 fully saturated rings. The number of hydrogen-bond donors (Lipinski definition) is 2. The predicted octanol–water partition coefficient (Wildman–Crippen LogP) is 2.20. The molecule has 0 saturated carbocycles. The Morgan fingerprint density at radius 2 is 2.00 bits per heavy atom. The maximum atomic E-state index is 13.9. The van der Waals surface area contributed by atoms with Gasteiger partial charge in [0.25, 0.3) is 0 Å². The van der Waals surface area contributed by atoms with Crippen LogP contribution in [-0.2, 0) is 0 Å². The number of hydrogen-bond acceptors (Lipinski definition) is 3. The van der Waals surface area contributed by atoms with Crippen LogP contribution in [-0.4, -0.2) is 24.5 Å². The minimum atomic E-state index is -0.857. The zero-order chi connectivity index (χ0) is 13.9. The van der Waals surface area contributed by atoms with Crippen LogP contribution < -0.4 is 11.3 Å². The van der Waals surface area contributed by atoms with Crippen molar-refractivity contribution in [3.8, 4) is 0 Å². The summed E-state index contributed by atoms with van der Waals surface area (Å²) in [6.45, 7) is 3.95. The summed E-state index contributed by atoms with van der Waals surface area (Å²) in [7, 11) is 3.79. The Hall–Kier alpha value is -1.04. The molecular weight excluding hydrogens is 236 g/mol. The van der Waals surface area contributed by atoms with E-state index in [2.05, 4.69) is 5.43 Å². The molecule has 0 aliphatic carbocycles. The van der Waals surface area contributed by atoms with Gasteiger partial charge in [-0.3, -0.25) is 11.3 Å². The first-order valence-electron chi connectivity index (χ1n) is 5.96. The number of halogens is 2. The molecule has 0 bridgehead atoms. The van der Waals surface area contributed by atoms with Crippen molar-refractivity contribution in [2.75, 3.05) is 14.1 Å². The van der Waals surface area contributed by atoms with Crippen LogP contribution in [0.15, 0.2) is 18.2 Å². The highest BCUT2D eigenvalue weighted by atomic mass is 19.2. The molecule has 0 aliphatic rings. The lowest BCUT2D eigenvalue weighted by molar-refractivity contribution is 0.110. The van der Waals surface area contributed by atoms with Gasteiger partial charge in [0.1, 0.15) is 0 Å². The highest BCUT2D eigenvalue weighted by Crippen LogP contribution is 2.33. The number of likely N-dealkylation sites (N-methyl/N-ethyl adjacent to an activating group) is 1. The van der Waals surface area contributed by atoms with Crippen LogP contribution in [0.25, 0.3) is 0 Å². The first-order valence-corrected chi connectivity index (χ1v) is 5.96. The molecule has 0 aliphatic heterocycles. The quantitative estimate of drug-likeness (QED) is 0.627. The molecule has 2 atom stereocenters. The summed E-state index contributed by atoms with van der Waals surface area (Å²) < 4.78 is 27.2. The predicted molar refractivity (Wildman–Crippen MR) is 68.8 cm³/mol. The van der Waals surface area contributed by atoms with Crippen molar-refractivity contribution in [3.05, 3.63) is 35.4 Å². The van der Waals surface area contributed by atoms with Crippen molar-refractivity contribution in [1.29, 1.82) is 0 Å². The highest BCUT2D eigenvalue weighted by Gasteiger charge is 2.37. The minimum Gasteiger partial charge on any atom is -0.302 e. The van der Waals surface area contributed by atoms with Crippen molar-refractivity contribution in [2.45, 2.75) is 31.8 Å². The van der Waals surface area contributed by atoms with Crippen LogP contribution in [0.1, 0.15) is 31.9 Å². The standard InChI is InChI=1S/C13H21F2N3/c1-5-13(2,18(3)4)12(17-16)9-7-6-8-10(14)11(9)15/h6-8,12,17H,5,16H2,1-4H3. The molecule has 0 saturated heterocycles. The van der Waals surface area contributed by atoms with Gasteiger partial charge in [0.05, 0.1) is 6.04 Å². The fourth-order valence-electron chi connectivity index (χ4n) is 2.13. The Labute approximate surface area is 107 Å². The van der Waals surface area contributed by atoms with Crippen LogP contribution in [0.3, 0.4) is 0 Å². The van der Waals surface area contributed by atoms with Crippen molar-refractivity contribution in [1.82, 2.24) is 10.3 Å². The number of benzene rings is 1. The third kappa shape index (κ3) is 2.53. The molecule has 3 N–H and O–H groups in total. The van der Waals surface area contributed by atoms with Gasteiger partial charge in [0.15, 0.2) is 11.6 Å². The second-order valence-corrected chi connectivity index (χ2v) is 4.85. The van der Waals surface area contributed by atoms with E-state index >= 15 is 0 Å². The Kier molecular flexibility index (Phi) is 4.78. The lowest BCUT2D eigenvalue weighted by Crippen LogP contribution is -2.53. The molecule has 18 heavy (non-hydrogen) atoms. The first-order chi connectivity index (χ1) is 8.38. The Morgan fingerprint density at radius 3 is 2.44 bits per heavy atom. The molecule has 0 radical (unpaired) electrons. The smallest absolute Gasteiger partial charge is 0.163 e. The molecule has 0 aromatic heterocycles. The van der Waals surface area contributed by atoms with E-state index in [1.54, 1.807) is 6.07 Å². The number of hydrazine groups is 1. The van der Waals surface area contributed by atoms with E-state index in [0.29, 0.717) is 0 Å². The zero-order valence-electron chi connectivity index (χ0n) is 11.3. The van der Waals surface area contributed by atoms with E-state index in [-0.39, 0.29) is 5.56 Å². The number of nitrogens with one attached hydrogen (secondary N) is 1. The molecule has 5 heteroatoms. The van der Waals surface area contributed by atoms with Crippen molar-refractivity contribution in [3.63, 3.8) is 0 Å². The van der Waals surface area contributed by atoms with Gasteiger partial charge in [-0.25, -0.2) is 8.78 Å². The second-order valence-electron chi connectivity index (χ2n) is 4.85. The third-order valence-electron chi connectivity index (χ3n) is 3.82. The zero-order valence-corrected chi connectivity index (χ0v) is 11.3. The molecule has 1 aromatic carbocycles. The summed E-state index contributed by atoms with van der Waals surface area (Å²) >= 11 is 0. The average Bonchev–Trinajstić information content (AvgIpc) is 2.34. The molecule has 1 rings (SSSR count). The van der Waals surface area contributed by atoms with E-state index in [9.17, 15) is 8.78 Å². The van der Waals surface area contributed by atoms with Crippen LogP contribution in [0, 0.1) is 11.6 Å². The largest absolute Gasteiger partial charge is 0.302 e. The van der Waals surface area contributed by atoms with Crippen molar-refractivity contribution < 1.29 is 8.78 Å². The summed E-state index contributed by atoms with van der Waals surface area (Å²) in [4.78, 5) is 1.96. The van der Waals surface area contributed by atoms with Gasteiger partial charge < -0.3 is 4.90 Å².